The molecule has 2 N–H and O–H groups in total. The van der Waals surface area contributed by atoms with Crippen molar-refractivity contribution in [3.8, 4) is 11.8 Å². The molecule has 11 heavy (non-hydrogen) atoms. The number of hydrogen-bond acceptors (Lipinski definition) is 2. The summed E-state index contributed by atoms with van der Waals surface area (Å²) in [5.74, 6) is 6.34. The van der Waals surface area contributed by atoms with Crippen molar-refractivity contribution >= 4 is 5.82 Å². The molecule has 0 saturated carbocycles. The van der Waals surface area contributed by atoms with E-state index in [9.17, 15) is 0 Å². The lowest BCUT2D eigenvalue weighted by Crippen LogP contribution is -1.90. The van der Waals surface area contributed by atoms with E-state index in [0.717, 1.165) is 12.1 Å². The van der Waals surface area contributed by atoms with Gasteiger partial charge in [0.05, 0.1) is 0 Å². The van der Waals surface area contributed by atoms with Crippen LogP contribution in [0.4, 0.5) is 5.82 Å². The third kappa shape index (κ3) is 2.30. The Morgan fingerprint density at radius 1 is 1.55 bits per heavy atom. The maximum absolute atomic E-state index is 5.45. The average Bonchev–Trinajstić information content (AvgIpc) is 2.01. The maximum Gasteiger partial charge on any atom is 0.124 e. The number of nitrogens with zero attached hydrogens (tertiary/aromatic N) is 1. The first-order chi connectivity index (χ1) is 5.33. The molecule has 0 amide bonds. The number of rotatable bonds is 0. The van der Waals surface area contributed by atoms with E-state index in [2.05, 4.69) is 16.8 Å². The molecule has 0 atom stereocenters. The predicted molar refractivity (Wildman–Crippen MR) is 45.8 cm³/mol. The van der Waals surface area contributed by atoms with Crippen LogP contribution >= 0.6 is 0 Å². The second kappa shape index (κ2) is 3.62. The van der Waals surface area contributed by atoms with Gasteiger partial charge in [0, 0.05) is 6.42 Å². The van der Waals surface area contributed by atoms with Crippen molar-refractivity contribution in [3.63, 3.8) is 0 Å². The first kappa shape index (κ1) is 7.62. The molecule has 1 rings (SSSR count). The first-order valence-corrected chi connectivity index (χ1v) is 3.54. The summed E-state index contributed by atoms with van der Waals surface area (Å²) in [6.45, 7) is 2.00. The van der Waals surface area contributed by atoms with Gasteiger partial charge in [0.1, 0.15) is 11.5 Å². The van der Waals surface area contributed by atoms with Crippen LogP contribution in [0.25, 0.3) is 0 Å². The molecule has 0 fully saturated rings. The lowest BCUT2D eigenvalue weighted by molar-refractivity contribution is 1.26. The van der Waals surface area contributed by atoms with Crippen molar-refractivity contribution in [1.82, 2.24) is 4.98 Å². The van der Waals surface area contributed by atoms with E-state index in [1.165, 1.54) is 0 Å². The van der Waals surface area contributed by atoms with Crippen LogP contribution in [0, 0.1) is 11.8 Å². The average molecular weight is 146 g/mol. The van der Waals surface area contributed by atoms with Crippen LogP contribution < -0.4 is 5.73 Å². The lowest BCUT2D eigenvalue weighted by Gasteiger charge is -1.90. The van der Waals surface area contributed by atoms with Gasteiger partial charge in [-0.2, -0.15) is 0 Å². The predicted octanol–water partition coefficient (Wildman–Crippen LogP) is 1.43. The van der Waals surface area contributed by atoms with Crippen LogP contribution in [0.15, 0.2) is 18.2 Å². The number of nitrogen functional groups attached to an aromatic ring is 1. The van der Waals surface area contributed by atoms with Crippen molar-refractivity contribution in [2.45, 2.75) is 13.3 Å². The van der Waals surface area contributed by atoms with Gasteiger partial charge in [0.2, 0.25) is 0 Å². The van der Waals surface area contributed by atoms with Crippen LogP contribution in [-0.4, -0.2) is 4.98 Å². The summed E-state index contributed by atoms with van der Waals surface area (Å²) in [7, 11) is 0. The minimum Gasteiger partial charge on any atom is -0.384 e. The standard InChI is InChI=1S/C9H10N2/c1-2-3-5-8-6-4-7-9(10)11-8/h4,6-7H,2H2,1H3,(H2,10,11). The fourth-order valence-electron chi connectivity index (χ4n) is 0.700. The van der Waals surface area contributed by atoms with Gasteiger partial charge in [0.15, 0.2) is 0 Å². The molecule has 56 valence electrons. The highest BCUT2D eigenvalue weighted by Crippen LogP contribution is 1.97. The summed E-state index contributed by atoms with van der Waals surface area (Å²) in [6, 6.07) is 5.44. The Hall–Kier alpha value is -1.49. The Morgan fingerprint density at radius 2 is 2.36 bits per heavy atom. The van der Waals surface area contributed by atoms with Crippen molar-refractivity contribution < 1.29 is 0 Å². The van der Waals surface area contributed by atoms with Crippen LogP contribution in [-0.2, 0) is 0 Å². The highest BCUT2D eigenvalue weighted by molar-refractivity contribution is 5.35. The first-order valence-electron chi connectivity index (χ1n) is 3.54. The molecule has 0 radical (unpaired) electrons. The van der Waals surface area contributed by atoms with Gasteiger partial charge < -0.3 is 5.73 Å². The quantitative estimate of drug-likeness (QED) is 0.562. The molecule has 2 nitrogen and oxygen atoms in total. The molecule has 1 heterocycles. The number of nitrogens with two attached hydrogens (primary N) is 1. The molecule has 0 saturated heterocycles. The monoisotopic (exact) mass is 146 g/mol. The number of pyridine rings is 1. The Kier molecular flexibility index (Phi) is 2.51. The Labute approximate surface area is 66.4 Å². The summed E-state index contributed by atoms with van der Waals surface area (Å²) in [6.07, 6.45) is 0.844. The van der Waals surface area contributed by atoms with Gasteiger partial charge in [-0.05, 0) is 18.1 Å². The third-order valence-corrected chi connectivity index (χ3v) is 1.16. The second-order valence-corrected chi connectivity index (χ2v) is 2.10. The molecular formula is C9H10N2. The topological polar surface area (TPSA) is 38.9 Å². The molecule has 0 unspecified atom stereocenters. The molecule has 0 aliphatic heterocycles. The number of anilines is 1. The van der Waals surface area contributed by atoms with Gasteiger partial charge in [-0.15, -0.1) is 0 Å². The molecule has 0 spiro atoms. The van der Waals surface area contributed by atoms with Crippen LogP contribution in [0.3, 0.4) is 0 Å². The van der Waals surface area contributed by atoms with Crippen LogP contribution in [0.1, 0.15) is 19.0 Å². The lowest BCUT2D eigenvalue weighted by atomic mass is 10.3. The smallest absolute Gasteiger partial charge is 0.124 e. The van der Waals surface area contributed by atoms with Crippen molar-refractivity contribution in [2.75, 3.05) is 5.73 Å². The van der Waals surface area contributed by atoms with Gasteiger partial charge in [0.25, 0.3) is 0 Å². The fraction of sp³-hybridized carbons (Fsp3) is 0.222. The third-order valence-electron chi connectivity index (χ3n) is 1.16. The van der Waals surface area contributed by atoms with Gasteiger partial charge in [-0.1, -0.05) is 18.9 Å². The van der Waals surface area contributed by atoms with E-state index in [1.54, 1.807) is 6.07 Å². The molecule has 1 aromatic heterocycles. The van der Waals surface area contributed by atoms with Crippen LogP contribution in [0.2, 0.25) is 0 Å². The molecule has 0 aliphatic rings. The van der Waals surface area contributed by atoms with Crippen molar-refractivity contribution in [3.05, 3.63) is 23.9 Å². The summed E-state index contributed by atoms with van der Waals surface area (Å²) in [5, 5.41) is 0. The summed E-state index contributed by atoms with van der Waals surface area (Å²) < 4.78 is 0. The van der Waals surface area contributed by atoms with E-state index in [1.807, 2.05) is 19.1 Å². The van der Waals surface area contributed by atoms with E-state index in [4.69, 9.17) is 5.73 Å². The Bertz CT molecular complexity index is 294. The largest absolute Gasteiger partial charge is 0.384 e. The Balaban J connectivity index is 2.87. The van der Waals surface area contributed by atoms with Gasteiger partial charge >= 0.3 is 0 Å². The second-order valence-electron chi connectivity index (χ2n) is 2.10. The minimum atomic E-state index is 0.521. The van der Waals surface area contributed by atoms with E-state index in [0.29, 0.717) is 5.82 Å². The SMILES string of the molecule is CCC#Cc1cccc(N)n1. The maximum atomic E-state index is 5.45. The normalized spacial score (nSPS) is 8.45. The summed E-state index contributed by atoms with van der Waals surface area (Å²) in [4.78, 5) is 4.01. The summed E-state index contributed by atoms with van der Waals surface area (Å²) in [5.41, 5.74) is 6.19. The highest BCUT2D eigenvalue weighted by Gasteiger charge is 1.86. The van der Waals surface area contributed by atoms with Gasteiger partial charge in [-0.25, -0.2) is 4.98 Å². The number of hydrogen-bond donors (Lipinski definition) is 1. The van der Waals surface area contributed by atoms with Gasteiger partial charge in [-0.3, -0.25) is 0 Å². The molecule has 0 bridgehead atoms. The van der Waals surface area contributed by atoms with E-state index in [-0.39, 0.29) is 0 Å². The molecule has 2 heteroatoms. The molecular weight excluding hydrogens is 136 g/mol. The number of aromatic nitrogens is 1. The molecule has 1 aromatic rings. The zero-order chi connectivity index (χ0) is 8.10. The molecule has 0 aliphatic carbocycles. The molecule has 0 aromatic carbocycles. The fourth-order valence-corrected chi connectivity index (χ4v) is 0.700. The summed E-state index contributed by atoms with van der Waals surface area (Å²) >= 11 is 0. The zero-order valence-corrected chi connectivity index (χ0v) is 6.46. The zero-order valence-electron chi connectivity index (χ0n) is 6.46. The minimum absolute atomic E-state index is 0.521. The van der Waals surface area contributed by atoms with Crippen LogP contribution in [0.5, 0.6) is 0 Å². The van der Waals surface area contributed by atoms with Crippen molar-refractivity contribution in [1.29, 1.82) is 0 Å². The van der Waals surface area contributed by atoms with E-state index >= 15 is 0 Å². The van der Waals surface area contributed by atoms with Crippen molar-refractivity contribution in [2.24, 2.45) is 0 Å². The Morgan fingerprint density at radius 3 is 3.00 bits per heavy atom. The van der Waals surface area contributed by atoms with E-state index < -0.39 is 0 Å². The highest BCUT2D eigenvalue weighted by atomic mass is 14.8.